The van der Waals surface area contributed by atoms with Crippen LogP contribution in [0.4, 0.5) is 0 Å². The fourth-order valence-corrected chi connectivity index (χ4v) is 3.61. The van der Waals surface area contributed by atoms with Gasteiger partial charge in [0.25, 0.3) is 0 Å². The highest BCUT2D eigenvalue weighted by molar-refractivity contribution is 9.09. The average Bonchev–Trinajstić information content (AvgIpc) is 3.08. The van der Waals surface area contributed by atoms with E-state index in [1.165, 1.54) is 0 Å². The maximum absolute atomic E-state index is 5.75. The van der Waals surface area contributed by atoms with Crippen LogP contribution in [0.5, 0.6) is 0 Å². The largest absolute Gasteiger partial charge is 0.378 e. The van der Waals surface area contributed by atoms with Crippen molar-refractivity contribution in [2.45, 2.75) is 25.9 Å². The molecule has 0 bridgehead atoms. The Bertz CT molecular complexity index is 574. The fraction of sp³-hybridized carbons (Fsp3) is 0.500. The normalized spacial score (nSPS) is 26.0. The van der Waals surface area contributed by atoms with Crippen LogP contribution in [-0.2, 0) is 11.2 Å². The summed E-state index contributed by atoms with van der Waals surface area (Å²) in [5, 5.41) is 13.1. The average molecular weight is 337 g/mol. The smallest absolute Gasteiger partial charge is 0.157 e. The van der Waals surface area contributed by atoms with Gasteiger partial charge in [-0.2, -0.15) is 4.68 Å². The molecule has 0 saturated carbocycles. The first-order valence-corrected chi connectivity index (χ1v) is 7.87. The van der Waals surface area contributed by atoms with Gasteiger partial charge < -0.3 is 4.74 Å². The van der Waals surface area contributed by atoms with Crippen LogP contribution in [0.1, 0.15) is 19.2 Å². The van der Waals surface area contributed by atoms with Gasteiger partial charge >= 0.3 is 0 Å². The Morgan fingerprint density at radius 3 is 2.85 bits per heavy atom. The number of hydrogen-bond acceptors (Lipinski definition) is 4. The van der Waals surface area contributed by atoms with Crippen LogP contribution in [0.25, 0.3) is 5.69 Å². The quantitative estimate of drug-likeness (QED) is 0.804. The number of para-hydroxylation sites is 1. The molecule has 1 aromatic heterocycles. The van der Waals surface area contributed by atoms with Crippen molar-refractivity contribution in [1.29, 1.82) is 0 Å². The van der Waals surface area contributed by atoms with Gasteiger partial charge in [0.1, 0.15) is 0 Å². The lowest BCUT2D eigenvalue weighted by Gasteiger charge is -2.29. The van der Waals surface area contributed by atoms with Crippen LogP contribution < -0.4 is 0 Å². The minimum absolute atomic E-state index is 0.0707. The molecule has 3 rings (SSSR count). The van der Waals surface area contributed by atoms with Crippen LogP contribution in [0.15, 0.2) is 30.3 Å². The Balaban J connectivity index is 1.91. The summed E-state index contributed by atoms with van der Waals surface area (Å²) >= 11 is 3.64. The number of alkyl halides is 1. The van der Waals surface area contributed by atoms with Crippen molar-refractivity contribution >= 4 is 15.9 Å². The zero-order valence-corrected chi connectivity index (χ0v) is 13.0. The lowest BCUT2D eigenvalue weighted by molar-refractivity contribution is 0.0735. The van der Waals surface area contributed by atoms with E-state index in [-0.39, 0.29) is 11.5 Å². The molecule has 2 atom stereocenters. The Hall–Kier alpha value is -1.27. The van der Waals surface area contributed by atoms with Gasteiger partial charge in [0.05, 0.1) is 11.8 Å². The summed E-state index contributed by atoms with van der Waals surface area (Å²) in [7, 11) is 0. The van der Waals surface area contributed by atoms with Crippen LogP contribution in [0, 0.1) is 5.41 Å². The first-order chi connectivity index (χ1) is 9.75. The molecule has 1 aliphatic heterocycles. The highest BCUT2D eigenvalue weighted by atomic mass is 79.9. The summed E-state index contributed by atoms with van der Waals surface area (Å²) < 4.78 is 7.56. The molecule has 0 amide bonds. The Morgan fingerprint density at radius 2 is 2.20 bits per heavy atom. The Labute approximate surface area is 126 Å². The Morgan fingerprint density at radius 1 is 1.40 bits per heavy atom. The van der Waals surface area contributed by atoms with E-state index < -0.39 is 0 Å². The molecule has 0 spiro atoms. The molecule has 1 fully saturated rings. The second-order valence-electron chi connectivity index (χ2n) is 5.28. The van der Waals surface area contributed by atoms with E-state index >= 15 is 0 Å². The van der Waals surface area contributed by atoms with E-state index in [1.807, 2.05) is 35.0 Å². The third kappa shape index (κ3) is 2.38. The summed E-state index contributed by atoms with van der Waals surface area (Å²) in [5.41, 5.74) is 1.06. The van der Waals surface area contributed by atoms with Crippen LogP contribution in [0.2, 0.25) is 0 Å². The number of nitrogens with zero attached hydrogens (tertiary/aromatic N) is 4. The van der Waals surface area contributed by atoms with Gasteiger partial charge in [-0.3, -0.25) is 0 Å². The molecule has 5 nitrogen and oxygen atoms in total. The molecular formula is C14H17BrN4O. The van der Waals surface area contributed by atoms with Gasteiger partial charge in [-0.05, 0) is 35.9 Å². The summed E-state index contributed by atoms with van der Waals surface area (Å²) in [6.45, 7) is 2.94. The number of benzene rings is 1. The summed E-state index contributed by atoms with van der Waals surface area (Å²) in [4.78, 5) is 0. The first-order valence-electron chi connectivity index (χ1n) is 6.75. The standard InChI is InChI=1S/C14H17BrN4O/c1-11-14(10-15,7-8-20-11)9-13-16-17-18-19(13)12-5-3-2-4-6-12/h2-6,11H,7-10H2,1H3. The van der Waals surface area contributed by atoms with Gasteiger partial charge in [-0.15, -0.1) is 5.10 Å². The third-order valence-electron chi connectivity index (χ3n) is 4.14. The molecule has 1 aliphatic rings. The van der Waals surface area contributed by atoms with Gasteiger partial charge in [0.2, 0.25) is 0 Å². The van der Waals surface area contributed by atoms with E-state index in [0.717, 1.165) is 36.3 Å². The van der Waals surface area contributed by atoms with Crippen LogP contribution in [-0.4, -0.2) is 38.2 Å². The van der Waals surface area contributed by atoms with E-state index in [0.29, 0.717) is 0 Å². The molecule has 0 N–H and O–H groups in total. The van der Waals surface area contributed by atoms with Crippen molar-refractivity contribution in [2.24, 2.45) is 5.41 Å². The van der Waals surface area contributed by atoms with E-state index in [2.05, 4.69) is 38.4 Å². The molecule has 1 aromatic carbocycles. The fourth-order valence-electron chi connectivity index (χ4n) is 2.67. The number of aromatic nitrogens is 4. The van der Waals surface area contributed by atoms with Gasteiger partial charge in [-0.1, -0.05) is 34.1 Å². The molecule has 2 unspecified atom stereocenters. The minimum atomic E-state index is 0.0707. The number of rotatable bonds is 4. The van der Waals surface area contributed by atoms with Crippen molar-refractivity contribution in [3.63, 3.8) is 0 Å². The molecule has 6 heteroatoms. The van der Waals surface area contributed by atoms with Crippen LogP contribution >= 0.6 is 15.9 Å². The number of ether oxygens (including phenoxy) is 1. The topological polar surface area (TPSA) is 52.8 Å². The molecule has 0 aliphatic carbocycles. The van der Waals surface area contributed by atoms with Gasteiger partial charge in [0, 0.05) is 23.8 Å². The maximum atomic E-state index is 5.75. The highest BCUT2D eigenvalue weighted by Gasteiger charge is 2.42. The molecular weight excluding hydrogens is 320 g/mol. The van der Waals surface area contributed by atoms with Crippen molar-refractivity contribution in [3.8, 4) is 5.69 Å². The van der Waals surface area contributed by atoms with E-state index in [9.17, 15) is 0 Å². The van der Waals surface area contributed by atoms with Crippen molar-refractivity contribution in [3.05, 3.63) is 36.2 Å². The molecule has 2 aromatic rings. The van der Waals surface area contributed by atoms with Crippen molar-refractivity contribution < 1.29 is 4.74 Å². The van der Waals surface area contributed by atoms with Crippen molar-refractivity contribution in [1.82, 2.24) is 20.2 Å². The summed E-state index contributed by atoms with van der Waals surface area (Å²) in [6, 6.07) is 9.98. The minimum Gasteiger partial charge on any atom is -0.378 e. The molecule has 20 heavy (non-hydrogen) atoms. The first kappa shape index (κ1) is 13.7. The number of halogens is 1. The van der Waals surface area contributed by atoms with Crippen molar-refractivity contribution in [2.75, 3.05) is 11.9 Å². The molecule has 1 saturated heterocycles. The molecule has 0 radical (unpaired) electrons. The second kappa shape index (κ2) is 5.61. The van der Waals surface area contributed by atoms with Crippen LogP contribution in [0.3, 0.4) is 0 Å². The summed E-state index contributed by atoms with van der Waals surface area (Å²) in [6.07, 6.45) is 2.05. The monoisotopic (exact) mass is 336 g/mol. The van der Waals surface area contributed by atoms with E-state index in [4.69, 9.17) is 4.74 Å². The lowest BCUT2D eigenvalue weighted by Crippen LogP contribution is -2.34. The predicted molar refractivity (Wildman–Crippen MR) is 79.1 cm³/mol. The maximum Gasteiger partial charge on any atom is 0.157 e. The lowest BCUT2D eigenvalue weighted by atomic mass is 9.80. The zero-order valence-electron chi connectivity index (χ0n) is 11.4. The summed E-state index contributed by atoms with van der Waals surface area (Å²) in [5.74, 6) is 0.882. The van der Waals surface area contributed by atoms with Gasteiger partial charge in [0.15, 0.2) is 5.82 Å². The number of tetrazole rings is 1. The van der Waals surface area contributed by atoms with Gasteiger partial charge in [-0.25, -0.2) is 0 Å². The predicted octanol–water partition coefficient (Wildman–Crippen LogP) is 2.39. The number of hydrogen-bond donors (Lipinski definition) is 0. The molecule has 2 heterocycles. The highest BCUT2D eigenvalue weighted by Crippen LogP contribution is 2.39. The third-order valence-corrected chi connectivity index (χ3v) is 5.26. The SMILES string of the molecule is CC1OCCC1(CBr)Cc1nnnn1-c1ccccc1. The molecule has 106 valence electrons. The zero-order chi connectivity index (χ0) is 14.0. The Kier molecular flexibility index (Phi) is 3.85. The second-order valence-corrected chi connectivity index (χ2v) is 5.84. The van der Waals surface area contributed by atoms with E-state index in [1.54, 1.807) is 0 Å².